The van der Waals surface area contributed by atoms with Gasteiger partial charge in [-0.25, -0.2) is 9.97 Å². The number of nitrogens with zero attached hydrogens (tertiary/aromatic N) is 7. The molecule has 9 nitrogen and oxygen atoms in total. The molecule has 0 unspecified atom stereocenters. The number of nitrogens with one attached hydrogen (secondary N) is 1. The molecule has 0 aliphatic carbocycles. The predicted molar refractivity (Wildman–Crippen MR) is 124 cm³/mol. The molecule has 5 rings (SSSR count). The van der Waals surface area contributed by atoms with Gasteiger partial charge in [0, 0.05) is 23.5 Å². The van der Waals surface area contributed by atoms with Crippen LogP contribution < -0.4 is 10.1 Å². The Morgan fingerprint density at radius 3 is 2.70 bits per heavy atom. The van der Waals surface area contributed by atoms with Crippen LogP contribution in [0.15, 0.2) is 61.2 Å². The van der Waals surface area contributed by atoms with Crippen LogP contribution in [0.2, 0.25) is 0 Å². The molecule has 1 N–H and O–H groups in total. The van der Waals surface area contributed by atoms with Gasteiger partial charge in [0.05, 0.1) is 42.3 Å². The van der Waals surface area contributed by atoms with E-state index in [1.807, 2.05) is 67.1 Å². The molecule has 3 aromatic heterocycles. The smallest absolute Gasteiger partial charge is 0.254 e. The van der Waals surface area contributed by atoms with Crippen molar-refractivity contribution in [3.63, 3.8) is 0 Å². The largest absolute Gasteiger partial charge is 0.494 e. The lowest BCUT2D eigenvalue weighted by molar-refractivity contribution is 0.413. The van der Waals surface area contributed by atoms with E-state index in [2.05, 4.69) is 31.4 Å². The van der Waals surface area contributed by atoms with E-state index >= 15 is 0 Å². The van der Waals surface area contributed by atoms with Crippen molar-refractivity contribution >= 4 is 17.4 Å². The molecule has 5 aromatic rings. The second-order valence-corrected chi connectivity index (χ2v) is 7.58. The maximum atomic E-state index is 9.64. The van der Waals surface area contributed by atoms with Crippen molar-refractivity contribution in [1.82, 2.24) is 29.1 Å². The van der Waals surface area contributed by atoms with Crippen LogP contribution in [0.3, 0.4) is 0 Å². The third kappa shape index (κ3) is 3.74. The minimum atomic E-state index is 0.361. The van der Waals surface area contributed by atoms with Gasteiger partial charge in [0.25, 0.3) is 5.78 Å². The van der Waals surface area contributed by atoms with Crippen molar-refractivity contribution in [3.05, 3.63) is 78.0 Å². The minimum absolute atomic E-state index is 0.361. The van der Waals surface area contributed by atoms with E-state index in [0.29, 0.717) is 28.7 Å². The monoisotopic (exact) mass is 436 g/mol. The van der Waals surface area contributed by atoms with E-state index in [1.54, 1.807) is 18.0 Å². The predicted octanol–water partition coefficient (Wildman–Crippen LogP) is 4.22. The van der Waals surface area contributed by atoms with Gasteiger partial charge in [-0.3, -0.25) is 0 Å². The third-order valence-electron chi connectivity index (χ3n) is 5.20. The van der Waals surface area contributed by atoms with Gasteiger partial charge >= 0.3 is 0 Å². The summed E-state index contributed by atoms with van der Waals surface area (Å²) in [6.45, 7) is 3.94. The van der Waals surface area contributed by atoms with Gasteiger partial charge in [0.15, 0.2) is 0 Å². The molecule has 9 heteroatoms. The minimum Gasteiger partial charge on any atom is -0.494 e. The van der Waals surface area contributed by atoms with Crippen molar-refractivity contribution in [2.75, 3.05) is 12.4 Å². The van der Waals surface area contributed by atoms with Crippen LogP contribution in [-0.4, -0.2) is 36.2 Å². The third-order valence-corrected chi connectivity index (χ3v) is 5.20. The number of anilines is 2. The zero-order valence-corrected chi connectivity index (χ0v) is 18.3. The Bertz CT molecular complexity index is 1530. The van der Waals surface area contributed by atoms with Crippen LogP contribution in [0.1, 0.15) is 16.8 Å². The quantitative estimate of drug-likeness (QED) is 0.440. The van der Waals surface area contributed by atoms with Gasteiger partial charge in [-0.05, 0) is 32.0 Å². The fourth-order valence-corrected chi connectivity index (χ4v) is 3.69. The topological polar surface area (TPSA) is 106 Å². The number of ether oxygens (including phenoxy) is 1. The van der Waals surface area contributed by atoms with E-state index < -0.39 is 0 Å². The Kier molecular flexibility index (Phi) is 4.95. The van der Waals surface area contributed by atoms with E-state index in [-0.39, 0.29) is 0 Å². The number of aryl methyl sites for hydroxylation is 2. The first kappa shape index (κ1) is 20.2. The number of benzene rings is 2. The van der Waals surface area contributed by atoms with Gasteiger partial charge in [-0.2, -0.15) is 14.8 Å². The molecule has 0 saturated heterocycles. The van der Waals surface area contributed by atoms with Crippen LogP contribution in [0, 0.1) is 25.2 Å². The molecular formula is C24H20N8O. The lowest BCUT2D eigenvalue weighted by atomic mass is 10.1. The van der Waals surface area contributed by atoms with Crippen LogP contribution in [0.4, 0.5) is 11.6 Å². The fraction of sp³-hybridized carbons (Fsp3) is 0.125. The number of nitriles is 1. The molecule has 33 heavy (non-hydrogen) atoms. The van der Waals surface area contributed by atoms with E-state index in [9.17, 15) is 5.26 Å². The first-order valence-corrected chi connectivity index (χ1v) is 10.2. The second kappa shape index (κ2) is 8.09. The van der Waals surface area contributed by atoms with Crippen LogP contribution in [-0.2, 0) is 0 Å². The van der Waals surface area contributed by atoms with Gasteiger partial charge in [-0.15, -0.1) is 5.10 Å². The Morgan fingerprint density at radius 1 is 1.09 bits per heavy atom. The summed E-state index contributed by atoms with van der Waals surface area (Å²) in [5.41, 5.74) is 5.56. The highest BCUT2D eigenvalue weighted by atomic mass is 16.5. The normalized spacial score (nSPS) is 10.8. The van der Waals surface area contributed by atoms with E-state index in [0.717, 1.165) is 28.2 Å². The van der Waals surface area contributed by atoms with Crippen LogP contribution in [0.5, 0.6) is 5.75 Å². The maximum Gasteiger partial charge on any atom is 0.254 e. The molecule has 0 aliphatic heterocycles. The molecule has 3 heterocycles. The fourth-order valence-electron chi connectivity index (χ4n) is 3.69. The molecule has 162 valence electrons. The standard InChI is InChI=1S/C24H20N8O/c1-15-5-4-6-17(9-15)22-18(11-25)12-26-24-29-23(30-32(22)24)28-19-7-8-20(21(10-19)33-3)31-13-16(2)27-14-31/h4-10,12-14H,1-3H3,(H,28,30). The maximum absolute atomic E-state index is 9.64. The first-order chi connectivity index (χ1) is 16.1. The van der Waals surface area contributed by atoms with Crippen molar-refractivity contribution in [1.29, 1.82) is 5.26 Å². The summed E-state index contributed by atoms with van der Waals surface area (Å²) >= 11 is 0. The highest BCUT2D eigenvalue weighted by Crippen LogP contribution is 2.29. The molecule has 0 amide bonds. The summed E-state index contributed by atoms with van der Waals surface area (Å²) in [6.07, 6.45) is 5.20. The van der Waals surface area contributed by atoms with E-state index in [1.165, 1.54) is 6.20 Å². The summed E-state index contributed by atoms with van der Waals surface area (Å²) in [6, 6.07) is 15.8. The summed E-state index contributed by atoms with van der Waals surface area (Å²) in [7, 11) is 1.62. The van der Waals surface area contributed by atoms with Crippen molar-refractivity contribution < 1.29 is 4.74 Å². The number of rotatable bonds is 5. The van der Waals surface area contributed by atoms with Gasteiger partial charge in [-0.1, -0.05) is 23.8 Å². The van der Waals surface area contributed by atoms with Gasteiger partial charge in [0.2, 0.25) is 5.95 Å². The summed E-state index contributed by atoms with van der Waals surface area (Å²) in [5.74, 6) is 1.43. The number of imidazole rings is 1. The Hall–Kier alpha value is -4.71. The molecule has 0 radical (unpaired) electrons. The molecule has 0 atom stereocenters. The summed E-state index contributed by atoms with van der Waals surface area (Å²) < 4.78 is 9.08. The SMILES string of the molecule is COc1cc(Nc2nc3ncc(C#N)c(-c4cccc(C)c4)n3n2)ccc1-n1cnc(C)c1. The molecule has 0 bridgehead atoms. The number of fused-ring (bicyclic) bond motifs is 1. The molecule has 0 fully saturated rings. The average Bonchev–Trinajstić information content (AvgIpc) is 3.43. The van der Waals surface area contributed by atoms with Crippen LogP contribution >= 0.6 is 0 Å². The Balaban J connectivity index is 1.54. The zero-order valence-electron chi connectivity index (χ0n) is 18.3. The number of aromatic nitrogens is 6. The first-order valence-electron chi connectivity index (χ1n) is 10.2. The summed E-state index contributed by atoms with van der Waals surface area (Å²) in [5, 5.41) is 17.4. The molecule has 0 spiro atoms. The lowest BCUT2D eigenvalue weighted by Gasteiger charge is -2.11. The zero-order chi connectivity index (χ0) is 22.9. The van der Waals surface area contributed by atoms with Gasteiger partial charge < -0.3 is 14.6 Å². The van der Waals surface area contributed by atoms with Crippen molar-refractivity contribution in [2.24, 2.45) is 0 Å². The van der Waals surface area contributed by atoms with Crippen LogP contribution in [0.25, 0.3) is 22.7 Å². The van der Waals surface area contributed by atoms with Crippen molar-refractivity contribution in [2.45, 2.75) is 13.8 Å². The molecule has 2 aromatic carbocycles. The van der Waals surface area contributed by atoms with Gasteiger partial charge in [0.1, 0.15) is 11.8 Å². The highest BCUT2D eigenvalue weighted by Gasteiger charge is 2.16. The second-order valence-electron chi connectivity index (χ2n) is 7.58. The lowest BCUT2D eigenvalue weighted by Crippen LogP contribution is -2.01. The number of methoxy groups -OCH3 is 1. The molecule has 0 saturated carbocycles. The summed E-state index contributed by atoms with van der Waals surface area (Å²) in [4.78, 5) is 13.1. The van der Waals surface area contributed by atoms with E-state index in [4.69, 9.17) is 4.74 Å². The highest BCUT2D eigenvalue weighted by molar-refractivity contribution is 5.70. The Labute approximate surface area is 190 Å². The number of hydrogen-bond donors (Lipinski definition) is 1. The molecule has 0 aliphatic rings. The average molecular weight is 436 g/mol. The number of hydrogen-bond acceptors (Lipinski definition) is 7. The Morgan fingerprint density at radius 2 is 1.97 bits per heavy atom. The molecular weight excluding hydrogens is 416 g/mol. The van der Waals surface area contributed by atoms with Crippen molar-refractivity contribution in [3.8, 4) is 28.8 Å².